The molecule has 1 aromatic heterocycles. The zero-order valence-electron chi connectivity index (χ0n) is 12.1. The van der Waals surface area contributed by atoms with E-state index in [0.29, 0.717) is 17.8 Å². The van der Waals surface area contributed by atoms with E-state index in [2.05, 4.69) is 14.7 Å². The maximum absolute atomic E-state index is 11.5. The quantitative estimate of drug-likeness (QED) is 0.825. The summed E-state index contributed by atoms with van der Waals surface area (Å²) < 4.78 is 35.6. The van der Waals surface area contributed by atoms with Gasteiger partial charge in [-0.3, -0.25) is 4.72 Å². The molecule has 0 aromatic carbocycles. The number of alkyl halides is 1. The summed E-state index contributed by atoms with van der Waals surface area (Å²) in [6.07, 6.45) is 3.06. The van der Waals surface area contributed by atoms with Crippen LogP contribution < -0.4 is 14.2 Å². The lowest BCUT2D eigenvalue weighted by Crippen LogP contribution is -2.31. The number of methoxy groups -OCH3 is 2. The van der Waals surface area contributed by atoms with Gasteiger partial charge in [-0.05, 0) is 13.0 Å². The molecule has 0 aliphatic heterocycles. The van der Waals surface area contributed by atoms with E-state index in [9.17, 15) is 8.42 Å². The molecule has 1 aromatic rings. The highest BCUT2D eigenvalue weighted by Gasteiger charge is 2.32. The molecule has 1 N–H and O–H groups in total. The van der Waals surface area contributed by atoms with Crippen LogP contribution in [0.3, 0.4) is 0 Å². The Labute approximate surface area is 128 Å². The third-order valence-electron chi connectivity index (χ3n) is 2.80. The molecule has 0 amide bonds. The van der Waals surface area contributed by atoms with Crippen molar-refractivity contribution in [3.05, 3.63) is 17.5 Å². The number of fused-ring (bicyclic) bond motifs is 1. The summed E-state index contributed by atoms with van der Waals surface area (Å²) in [7, 11) is -0.586. The fourth-order valence-corrected chi connectivity index (χ4v) is 2.86. The minimum atomic E-state index is -3.47. The average molecular weight is 334 g/mol. The Kier molecular flexibility index (Phi) is 4.03. The van der Waals surface area contributed by atoms with Crippen molar-refractivity contribution >= 4 is 27.3 Å². The molecule has 0 bridgehead atoms. The molecule has 1 heterocycles. The van der Waals surface area contributed by atoms with Gasteiger partial charge in [-0.1, -0.05) is 0 Å². The number of hydrogen-bond acceptors (Lipinski definition) is 6. The lowest BCUT2D eigenvalue weighted by molar-refractivity contribution is 0.329. The Bertz CT molecular complexity index is 701. The van der Waals surface area contributed by atoms with E-state index in [4.69, 9.17) is 21.1 Å². The lowest BCUT2D eigenvalue weighted by atomic mass is 9.95. The maximum atomic E-state index is 11.5. The SMILES string of the molecule is COc1nc2c(nc1OC)C(NS(C)(=O)=O)=CC(C)(Cl)C2. The third-order valence-corrected chi connectivity index (χ3v) is 3.64. The molecule has 0 fully saturated rings. The fourth-order valence-electron chi connectivity index (χ4n) is 2.07. The average Bonchev–Trinajstić information content (AvgIpc) is 2.34. The fraction of sp³-hybridized carbons (Fsp3) is 0.500. The first-order valence-electron chi connectivity index (χ1n) is 6.04. The van der Waals surface area contributed by atoms with E-state index in [0.717, 1.165) is 6.26 Å². The number of halogens is 1. The van der Waals surface area contributed by atoms with E-state index >= 15 is 0 Å². The second kappa shape index (κ2) is 5.34. The number of rotatable bonds is 4. The van der Waals surface area contributed by atoms with Crippen molar-refractivity contribution in [1.82, 2.24) is 14.7 Å². The zero-order valence-corrected chi connectivity index (χ0v) is 13.7. The van der Waals surface area contributed by atoms with Crippen molar-refractivity contribution in [3.63, 3.8) is 0 Å². The maximum Gasteiger partial charge on any atom is 0.278 e. The molecule has 1 unspecified atom stereocenters. The van der Waals surface area contributed by atoms with Crippen LogP contribution in [0.4, 0.5) is 0 Å². The summed E-state index contributed by atoms with van der Waals surface area (Å²) >= 11 is 6.34. The number of allylic oxidation sites excluding steroid dienone is 1. The van der Waals surface area contributed by atoms with E-state index < -0.39 is 14.9 Å². The second-order valence-electron chi connectivity index (χ2n) is 4.92. The van der Waals surface area contributed by atoms with Crippen LogP contribution in [0.15, 0.2) is 6.08 Å². The number of nitrogens with zero attached hydrogens (tertiary/aromatic N) is 2. The number of ether oxygens (including phenoxy) is 2. The van der Waals surface area contributed by atoms with Gasteiger partial charge in [0, 0.05) is 6.42 Å². The van der Waals surface area contributed by atoms with Crippen molar-refractivity contribution in [2.45, 2.75) is 18.2 Å². The number of hydrogen-bond donors (Lipinski definition) is 1. The van der Waals surface area contributed by atoms with E-state index in [1.165, 1.54) is 14.2 Å². The third kappa shape index (κ3) is 3.56. The lowest BCUT2D eigenvalue weighted by Gasteiger charge is -2.27. The summed E-state index contributed by atoms with van der Waals surface area (Å²) in [5.41, 5.74) is 1.21. The zero-order chi connectivity index (χ0) is 15.8. The molecule has 0 spiro atoms. The summed E-state index contributed by atoms with van der Waals surface area (Å²) in [4.78, 5) is 7.81. The first-order chi connectivity index (χ1) is 9.65. The minimum absolute atomic E-state index is 0.177. The van der Waals surface area contributed by atoms with Gasteiger partial charge in [-0.15, -0.1) is 11.6 Å². The highest BCUT2D eigenvalue weighted by atomic mass is 35.5. The monoisotopic (exact) mass is 333 g/mol. The molecule has 9 heteroatoms. The predicted octanol–water partition coefficient (Wildman–Crippen LogP) is 0.938. The van der Waals surface area contributed by atoms with Gasteiger partial charge in [0.15, 0.2) is 0 Å². The largest absolute Gasteiger partial charge is 0.477 e. The Morgan fingerprint density at radius 1 is 1.29 bits per heavy atom. The van der Waals surface area contributed by atoms with Crippen molar-refractivity contribution < 1.29 is 17.9 Å². The summed E-state index contributed by atoms with van der Waals surface area (Å²) in [5, 5.41) is 0. The second-order valence-corrected chi connectivity index (χ2v) is 7.54. The van der Waals surface area contributed by atoms with Gasteiger partial charge in [0.2, 0.25) is 10.0 Å². The van der Waals surface area contributed by atoms with Crippen molar-refractivity contribution in [2.24, 2.45) is 0 Å². The van der Waals surface area contributed by atoms with Gasteiger partial charge in [-0.25, -0.2) is 18.4 Å². The topological polar surface area (TPSA) is 90.4 Å². The molecule has 1 aliphatic carbocycles. The van der Waals surface area contributed by atoms with E-state index in [1.54, 1.807) is 13.0 Å². The van der Waals surface area contributed by atoms with Gasteiger partial charge in [-0.2, -0.15) is 0 Å². The Balaban J connectivity index is 2.61. The molecule has 1 atom stereocenters. The van der Waals surface area contributed by atoms with E-state index in [1.807, 2.05) is 0 Å². The van der Waals surface area contributed by atoms with Crippen molar-refractivity contribution in [1.29, 1.82) is 0 Å². The number of sulfonamides is 1. The molecule has 7 nitrogen and oxygen atoms in total. The Morgan fingerprint density at radius 3 is 2.38 bits per heavy atom. The highest BCUT2D eigenvalue weighted by molar-refractivity contribution is 7.89. The molecular weight excluding hydrogens is 318 g/mol. The smallest absolute Gasteiger partial charge is 0.278 e. The normalized spacial score (nSPS) is 21.3. The van der Waals surface area contributed by atoms with Crippen LogP contribution in [0.2, 0.25) is 0 Å². The first kappa shape index (κ1) is 15.8. The molecule has 116 valence electrons. The summed E-state index contributed by atoms with van der Waals surface area (Å²) in [6.45, 7) is 1.76. The summed E-state index contributed by atoms with van der Waals surface area (Å²) in [5.74, 6) is 0.403. The minimum Gasteiger partial charge on any atom is -0.477 e. The molecule has 2 rings (SSSR count). The van der Waals surface area contributed by atoms with Gasteiger partial charge >= 0.3 is 0 Å². The molecule has 1 aliphatic rings. The van der Waals surface area contributed by atoms with Crippen molar-refractivity contribution in [3.8, 4) is 11.8 Å². The van der Waals surface area contributed by atoms with E-state index in [-0.39, 0.29) is 17.5 Å². The van der Waals surface area contributed by atoms with Gasteiger partial charge in [0.1, 0.15) is 5.69 Å². The van der Waals surface area contributed by atoms with Crippen LogP contribution in [-0.2, 0) is 16.4 Å². The summed E-state index contributed by atoms with van der Waals surface area (Å²) in [6, 6.07) is 0. The molecule has 0 radical (unpaired) electrons. The van der Waals surface area contributed by atoms with Crippen LogP contribution in [0, 0.1) is 0 Å². The Morgan fingerprint density at radius 2 is 1.86 bits per heavy atom. The molecule has 0 saturated heterocycles. The first-order valence-corrected chi connectivity index (χ1v) is 8.31. The Hall–Kier alpha value is -1.54. The number of aromatic nitrogens is 2. The van der Waals surface area contributed by atoms with Crippen molar-refractivity contribution in [2.75, 3.05) is 20.5 Å². The van der Waals surface area contributed by atoms with Gasteiger partial charge < -0.3 is 9.47 Å². The van der Waals surface area contributed by atoms with Gasteiger partial charge in [0.05, 0.1) is 36.7 Å². The van der Waals surface area contributed by atoms with Crippen LogP contribution >= 0.6 is 11.6 Å². The molecular formula is C12H16ClN3O4S. The molecule has 0 saturated carbocycles. The molecule has 21 heavy (non-hydrogen) atoms. The predicted molar refractivity (Wildman–Crippen MR) is 79.1 cm³/mol. The van der Waals surface area contributed by atoms with Crippen LogP contribution in [0.25, 0.3) is 5.70 Å². The number of nitrogens with one attached hydrogen (secondary N) is 1. The van der Waals surface area contributed by atoms with Crippen LogP contribution in [0.1, 0.15) is 18.3 Å². The van der Waals surface area contributed by atoms with Crippen LogP contribution in [0.5, 0.6) is 11.8 Å². The van der Waals surface area contributed by atoms with Crippen LogP contribution in [-0.4, -0.2) is 43.7 Å². The standard InChI is InChI=1S/C12H16ClN3O4S/c1-12(13)5-7-9(8(6-12)16-21(4,17)18)15-11(20-3)10(14-7)19-2/h6,16H,5H2,1-4H3. The highest BCUT2D eigenvalue weighted by Crippen LogP contribution is 2.35. The van der Waals surface area contributed by atoms with Gasteiger partial charge in [0.25, 0.3) is 11.8 Å².